The van der Waals surface area contributed by atoms with E-state index in [2.05, 4.69) is 0 Å². The molecule has 0 amide bonds. The van der Waals surface area contributed by atoms with Gasteiger partial charge in [0.25, 0.3) is 0 Å². The van der Waals surface area contributed by atoms with Crippen LogP contribution in [0, 0.1) is 5.82 Å². The molecular weight excluding hydrogens is 167 g/mol. The summed E-state index contributed by atoms with van der Waals surface area (Å²) < 4.78 is 13.0. The molecule has 0 saturated carbocycles. The van der Waals surface area contributed by atoms with Crippen molar-refractivity contribution in [3.8, 4) is 0 Å². The summed E-state index contributed by atoms with van der Waals surface area (Å²) >= 11 is 0. The van der Waals surface area contributed by atoms with Gasteiger partial charge in [0.1, 0.15) is 5.82 Å². The molecule has 0 radical (unpaired) electrons. The highest BCUT2D eigenvalue weighted by molar-refractivity contribution is 5.96. The molecule has 0 bridgehead atoms. The van der Waals surface area contributed by atoms with Crippen molar-refractivity contribution in [1.82, 2.24) is 0 Å². The lowest BCUT2D eigenvalue weighted by Gasteiger charge is -2.00. The molecule has 1 aromatic rings. The molecule has 0 aromatic heterocycles. The summed E-state index contributed by atoms with van der Waals surface area (Å²) in [7, 11) is 0. The van der Waals surface area contributed by atoms with Crippen LogP contribution in [0.3, 0.4) is 0 Å². The first-order valence-electron chi connectivity index (χ1n) is 4.53. The molecule has 0 saturated heterocycles. The van der Waals surface area contributed by atoms with E-state index >= 15 is 0 Å². The molecular formula is C11H13FO. The number of halogens is 1. The third-order valence-electron chi connectivity index (χ3n) is 1.93. The Labute approximate surface area is 77.6 Å². The molecule has 0 aliphatic carbocycles. The fourth-order valence-corrected chi connectivity index (χ4v) is 1.16. The van der Waals surface area contributed by atoms with E-state index in [1.54, 1.807) is 12.1 Å². The molecule has 0 atom stereocenters. The van der Waals surface area contributed by atoms with Crippen molar-refractivity contribution in [3.05, 3.63) is 35.6 Å². The number of hydrogen-bond donors (Lipinski definition) is 0. The van der Waals surface area contributed by atoms with Crippen molar-refractivity contribution in [2.45, 2.75) is 26.2 Å². The van der Waals surface area contributed by atoms with Crippen LogP contribution >= 0.6 is 0 Å². The lowest BCUT2D eigenvalue weighted by Crippen LogP contribution is -2.01. The SMILES string of the molecule is CCCCC(=O)c1ccccc1F. The molecule has 0 spiro atoms. The van der Waals surface area contributed by atoms with Crippen molar-refractivity contribution < 1.29 is 9.18 Å². The Balaban J connectivity index is 2.71. The predicted molar refractivity (Wildman–Crippen MR) is 50.3 cm³/mol. The number of carbonyl (C=O) groups excluding carboxylic acids is 1. The third kappa shape index (κ3) is 2.65. The van der Waals surface area contributed by atoms with Crippen molar-refractivity contribution in [2.75, 3.05) is 0 Å². The molecule has 0 aliphatic rings. The second kappa shape index (κ2) is 4.75. The number of carbonyl (C=O) groups is 1. The standard InChI is InChI=1S/C11H13FO/c1-2-3-8-11(13)9-6-4-5-7-10(9)12/h4-7H,2-3,8H2,1H3. The maximum absolute atomic E-state index is 13.0. The number of ketones is 1. The smallest absolute Gasteiger partial charge is 0.165 e. The van der Waals surface area contributed by atoms with Gasteiger partial charge in [0, 0.05) is 6.42 Å². The van der Waals surface area contributed by atoms with Crippen LogP contribution in [-0.2, 0) is 0 Å². The molecule has 1 aromatic carbocycles. The maximum Gasteiger partial charge on any atom is 0.165 e. The zero-order valence-electron chi connectivity index (χ0n) is 7.72. The second-order valence-corrected chi connectivity index (χ2v) is 3.01. The van der Waals surface area contributed by atoms with Gasteiger partial charge in [-0.25, -0.2) is 4.39 Å². The van der Waals surface area contributed by atoms with Gasteiger partial charge < -0.3 is 0 Å². The van der Waals surface area contributed by atoms with E-state index in [0.29, 0.717) is 6.42 Å². The molecule has 0 aliphatic heterocycles. The van der Waals surface area contributed by atoms with E-state index in [0.717, 1.165) is 12.8 Å². The number of benzene rings is 1. The van der Waals surface area contributed by atoms with E-state index in [1.165, 1.54) is 12.1 Å². The molecule has 13 heavy (non-hydrogen) atoms. The number of hydrogen-bond acceptors (Lipinski definition) is 1. The second-order valence-electron chi connectivity index (χ2n) is 3.01. The van der Waals surface area contributed by atoms with Crippen molar-refractivity contribution >= 4 is 5.78 Å². The van der Waals surface area contributed by atoms with E-state index in [9.17, 15) is 9.18 Å². The van der Waals surface area contributed by atoms with Gasteiger partial charge in [0.15, 0.2) is 5.78 Å². The van der Waals surface area contributed by atoms with Gasteiger partial charge in [-0.3, -0.25) is 4.79 Å². The summed E-state index contributed by atoms with van der Waals surface area (Å²) in [6, 6.07) is 6.13. The van der Waals surface area contributed by atoms with Gasteiger partial charge in [-0.05, 0) is 18.6 Å². The Morgan fingerprint density at radius 2 is 2.08 bits per heavy atom. The first-order chi connectivity index (χ1) is 6.25. The average molecular weight is 180 g/mol. The first kappa shape index (κ1) is 9.90. The summed E-state index contributed by atoms with van der Waals surface area (Å²) in [5.41, 5.74) is 0.218. The van der Waals surface area contributed by atoms with Crippen LogP contribution in [0.4, 0.5) is 4.39 Å². The van der Waals surface area contributed by atoms with Crippen molar-refractivity contribution in [3.63, 3.8) is 0 Å². The monoisotopic (exact) mass is 180 g/mol. The van der Waals surface area contributed by atoms with Gasteiger partial charge >= 0.3 is 0 Å². The fraction of sp³-hybridized carbons (Fsp3) is 0.364. The lowest BCUT2D eigenvalue weighted by atomic mass is 10.1. The van der Waals surface area contributed by atoms with Crippen LogP contribution in [0.1, 0.15) is 36.5 Å². The highest BCUT2D eigenvalue weighted by Gasteiger charge is 2.09. The minimum absolute atomic E-state index is 0.0973. The van der Waals surface area contributed by atoms with Crippen LogP contribution in [0.5, 0.6) is 0 Å². The number of Topliss-reactive ketones (excluding diaryl/α,β-unsaturated/α-hetero) is 1. The summed E-state index contributed by atoms with van der Waals surface area (Å²) in [5, 5.41) is 0. The van der Waals surface area contributed by atoms with Crippen LogP contribution in [0.25, 0.3) is 0 Å². The topological polar surface area (TPSA) is 17.1 Å². The van der Waals surface area contributed by atoms with E-state index < -0.39 is 5.82 Å². The molecule has 1 nitrogen and oxygen atoms in total. The molecule has 70 valence electrons. The third-order valence-corrected chi connectivity index (χ3v) is 1.93. The molecule has 0 heterocycles. The zero-order chi connectivity index (χ0) is 9.68. The number of rotatable bonds is 4. The van der Waals surface area contributed by atoms with Gasteiger partial charge in [-0.1, -0.05) is 25.5 Å². The molecule has 0 fully saturated rings. The fourth-order valence-electron chi connectivity index (χ4n) is 1.16. The van der Waals surface area contributed by atoms with Crippen LogP contribution in [-0.4, -0.2) is 5.78 Å². The van der Waals surface area contributed by atoms with Crippen molar-refractivity contribution in [2.24, 2.45) is 0 Å². The Hall–Kier alpha value is -1.18. The quantitative estimate of drug-likeness (QED) is 0.650. The molecule has 2 heteroatoms. The van der Waals surface area contributed by atoms with Gasteiger partial charge in [0.05, 0.1) is 5.56 Å². The van der Waals surface area contributed by atoms with Gasteiger partial charge in [-0.15, -0.1) is 0 Å². The summed E-state index contributed by atoms with van der Waals surface area (Å²) in [5.74, 6) is -0.511. The molecule has 0 unspecified atom stereocenters. The van der Waals surface area contributed by atoms with E-state index in [1.807, 2.05) is 6.92 Å². The highest BCUT2D eigenvalue weighted by atomic mass is 19.1. The van der Waals surface area contributed by atoms with Gasteiger partial charge in [0.2, 0.25) is 0 Å². The Morgan fingerprint density at radius 1 is 1.38 bits per heavy atom. The van der Waals surface area contributed by atoms with Crippen LogP contribution in [0.2, 0.25) is 0 Å². The van der Waals surface area contributed by atoms with Crippen LogP contribution in [0.15, 0.2) is 24.3 Å². The maximum atomic E-state index is 13.0. The largest absolute Gasteiger partial charge is 0.294 e. The zero-order valence-corrected chi connectivity index (χ0v) is 7.72. The predicted octanol–water partition coefficient (Wildman–Crippen LogP) is 3.20. The lowest BCUT2D eigenvalue weighted by molar-refractivity contribution is 0.0976. The highest BCUT2D eigenvalue weighted by Crippen LogP contribution is 2.10. The van der Waals surface area contributed by atoms with E-state index in [-0.39, 0.29) is 11.3 Å². The van der Waals surface area contributed by atoms with E-state index in [4.69, 9.17) is 0 Å². The Bertz CT molecular complexity index is 294. The first-order valence-corrected chi connectivity index (χ1v) is 4.53. The summed E-state index contributed by atoms with van der Waals surface area (Å²) in [6.45, 7) is 2.01. The summed E-state index contributed by atoms with van der Waals surface area (Å²) in [6.07, 6.45) is 2.23. The average Bonchev–Trinajstić information content (AvgIpc) is 2.15. The normalized spacial score (nSPS) is 10.0. The minimum Gasteiger partial charge on any atom is -0.294 e. The molecule has 0 N–H and O–H groups in total. The minimum atomic E-state index is -0.413. The summed E-state index contributed by atoms with van der Waals surface area (Å²) in [4.78, 5) is 11.4. The molecule has 1 rings (SSSR count). The van der Waals surface area contributed by atoms with Gasteiger partial charge in [-0.2, -0.15) is 0 Å². The van der Waals surface area contributed by atoms with Crippen LogP contribution < -0.4 is 0 Å². The Morgan fingerprint density at radius 3 is 2.69 bits per heavy atom. The Kier molecular flexibility index (Phi) is 3.62. The van der Waals surface area contributed by atoms with Crippen molar-refractivity contribution in [1.29, 1.82) is 0 Å². The number of unbranched alkanes of at least 4 members (excludes halogenated alkanes) is 1.